The molecule has 0 saturated carbocycles. The third kappa shape index (κ3) is 3.30. The normalized spacial score (nSPS) is 10.1. The Hall–Kier alpha value is -1.88. The molecular weight excluding hydrogens is 296 g/mol. The van der Waals surface area contributed by atoms with Gasteiger partial charge < -0.3 is 10.4 Å². The smallest absolute Gasteiger partial charge is 0.354 e. The van der Waals surface area contributed by atoms with Gasteiger partial charge in [0, 0.05) is 22.9 Å². The third-order valence-corrected chi connectivity index (χ3v) is 2.86. The molecule has 0 aliphatic carbocycles. The Morgan fingerprint density at radius 2 is 2.17 bits per heavy atom. The minimum Gasteiger partial charge on any atom is -0.477 e. The lowest BCUT2D eigenvalue weighted by molar-refractivity contribution is 0.0690. The summed E-state index contributed by atoms with van der Waals surface area (Å²) in [5.41, 5.74) is 1.88. The number of carbonyl (C=O) groups is 1. The molecule has 2 rings (SSSR count). The van der Waals surface area contributed by atoms with Crippen LogP contribution >= 0.6 is 15.9 Å². The molecule has 2 N–H and O–H groups in total. The molecule has 0 bridgehead atoms. The Labute approximate surface area is 113 Å². The van der Waals surface area contributed by atoms with Crippen LogP contribution in [0.1, 0.15) is 16.1 Å². The number of hydrogen-bond acceptors (Lipinski definition) is 3. The summed E-state index contributed by atoms with van der Waals surface area (Å²) in [6, 6.07) is 11.2. The lowest BCUT2D eigenvalue weighted by atomic mass is 10.2. The van der Waals surface area contributed by atoms with E-state index in [-0.39, 0.29) is 5.69 Å². The maximum Gasteiger partial charge on any atom is 0.354 e. The fourth-order valence-corrected chi connectivity index (χ4v) is 1.96. The number of hydrogen-bond donors (Lipinski definition) is 2. The van der Waals surface area contributed by atoms with Crippen LogP contribution in [0.4, 0.5) is 5.69 Å². The first-order chi connectivity index (χ1) is 8.65. The molecule has 2 aromatic rings. The zero-order valence-corrected chi connectivity index (χ0v) is 11.0. The number of carboxylic acid groups (broad SMARTS) is 1. The van der Waals surface area contributed by atoms with E-state index in [1.54, 1.807) is 6.07 Å². The number of pyridine rings is 1. The first-order valence-electron chi connectivity index (χ1n) is 5.33. The molecule has 0 fully saturated rings. The quantitative estimate of drug-likeness (QED) is 0.911. The third-order valence-electron chi connectivity index (χ3n) is 2.36. The summed E-state index contributed by atoms with van der Waals surface area (Å²) < 4.78 is 1.02. The topological polar surface area (TPSA) is 62.2 Å². The summed E-state index contributed by atoms with van der Waals surface area (Å²) in [5.74, 6) is -1.03. The number of aromatic carboxylic acids is 1. The molecule has 0 spiro atoms. The molecule has 0 atom stereocenters. The zero-order valence-electron chi connectivity index (χ0n) is 9.43. The second kappa shape index (κ2) is 5.64. The van der Waals surface area contributed by atoms with E-state index in [1.807, 2.05) is 24.3 Å². The van der Waals surface area contributed by atoms with Crippen LogP contribution in [-0.4, -0.2) is 16.1 Å². The van der Waals surface area contributed by atoms with Gasteiger partial charge in [0.25, 0.3) is 0 Å². The Morgan fingerprint density at radius 3 is 2.89 bits per heavy atom. The highest BCUT2D eigenvalue weighted by atomic mass is 79.9. The summed E-state index contributed by atoms with van der Waals surface area (Å²) in [7, 11) is 0. The molecule has 0 saturated heterocycles. The Kier molecular flexibility index (Phi) is 3.94. The number of nitrogens with zero attached hydrogens (tertiary/aromatic N) is 1. The molecule has 1 heterocycles. The number of benzene rings is 1. The molecule has 18 heavy (non-hydrogen) atoms. The number of carboxylic acids is 1. The second-order valence-corrected chi connectivity index (χ2v) is 4.63. The van der Waals surface area contributed by atoms with E-state index < -0.39 is 5.97 Å². The molecule has 1 aromatic heterocycles. The molecule has 0 aliphatic rings. The predicted molar refractivity (Wildman–Crippen MR) is 72.7 cm³/mol. The maximum absolute atomic E-state index is 10.8. The summed E-state index contributed by atoms with van der Waals surface area (Å²) in [5, 5.41) is 12.0. The number of halogens is 1. The first-order valence-corrected chi connectivity index (χ1v) is 6.12. The minimum atomic E-state index is -1.03. The Balaban J connectivity index is 2.06. The highest BCUT2D eigenvalue weighted by molar-refractivity contribution is 9.10. The van der Waals surface area contributed by atoms with E-state index in [0.717, 1.165) is 15.7 Å². The van der Waals surface area contributed by atoms with E-state index in [0.29, 0.717) is 6.54 Å². The molecule has 0 radical (unpaired) electrons. The van der Waals surface area contributed by atoms with E-state index >= 15 is 0 Å². The van der Waals surface area contributed by atoms with Gasteiger partial charge in [-0.1, -0.05) is 28.1 Å². The van der Waals surface area contributed by atoms with Crippen LogP contribution in [0.2, 0.25) is 0 Å². The van der Waals surface area contributed by atoms with Crippen LogP contribution in [0, 0.1) is 0 Å². The van der Waals surface area contributed by atoms with E-state index in [4.69, 9.17) is 5.11 Å². The number of nitrogens with one attached hydrogen (secondary N) is 1. The van der Waals surface area contributed by atoms with Gasteiger partial charge in [0.1, 0.15) is 5.69 Å². The summed E-state index contributed by atoms with van der Waals surface area (Å²) in [4.78, 5) is 14.5. The van der Waals surface area contributed by atoms with Crippen molar-refractivity contribution in [1.29, 1.82) is 0 Å². The molecule has 0 unspecified atom stereocenters. The van der Waals surface area contributed by atoms with Crippen molar-refractivity contribution in [3.05, 3.63) is 58.3 Å². The van der Waals surface area contributed by atoms with Crippen LogP contribution in [0.25, 0.3) is 0 Å². The molecule has 0 amide bonds. The van der Waals surface area contributed by atoms with Crippen molar-refractivity contribution in [1.82, 2.24) is 4.98 Å². The van der Waals surface area contributed by atoms with Crippen molar-refractivity contribution in [3.8, 4) is 0 Å². The first kappa shape index (κ1) is 12.6. The average molecular weight is 307 g/mol. The number of aromatic nitrogens is 1. The Morgan fingerprint density at radius 1 is 1.33 bits per heavy atom. The largest absolute Gasteiger partial charge is 0.477 e. The van der Waals surface area contributed by atoms with Gasteiger partial charge in [0.2, 0.25) is 0 Å². The number of rotatable bonds is 4. The molecule has 0 aliphatic heterocycles. The Bertz CT molecular complexity index is 572. The van der Waals surface area contributed by atoms with Gasteiger partial charge in [0.05, 0.1) is 0 Å². The van der Waals surface area contributed by atoms with Crippen LogP contribution in [0.5, 0.6) is 0 Å². The molecule has 92 valence electrons. The summed E-state index contributed by atoms with van der Waals surface area (Å²) >= 11 is 3.40. The molecule has 4 nitrogen and oxygen atoms in total. The maximum atomic E-state index is 10.8. The van der Waals surface area contributed by atoms with Gasteiger partial charge in [-0.3, -0.25) is 0 Å². The SMILES string of the molecule is O=C(O)c1cc(NCc2cccc(Br)c2)ccn1. The predicted octanol–water partition coefficient (Wildman–Crippen LogP) is 3.15. The van der Waals surface area contributed by atoms with E-state index in [9.17, 15) is 4.79 Å². The highest BCUT2D eigenvalue weighted by Crippen LogP contribution is 2.14. The van der Waals surface area contributed by atoms with E-state index in [1.165, 1.54) is 12.3 Å². The van der Waals surface area contributed by atoms with Crippen LogP contribution in [0.15, 0.2) is 47.1 Å². The van der Waals surface area contributed by atoms with Crippen molar-refractivity contribution in [3.63, 3.8) is 0 Å². The fourth-order valence-electron chi connectivity index (χ4n) is 1.51. The van der Waals surface area contributed by atoms with Gasteiger partial charge in [-0.2, -0.15) is 0 Å². The fraction of sp³-hybridized carbons (Fsp3) is 0.0769. The van der Waals surface area contributed by atoms with Crippen LogP contribution < -0.4 is 5.32 Å². The van der Waals surface area contributed by atoms with E-state index in [2.05, 4.69) is 26.2 Å². The second-order valence-electron chi connectivity index (χ2n) is 3.72. The standard InChI is InChI=1S/C13H11BrN2O2/c14-10-3-1-2-9(6-10)8-16-11-4-5-15-12(7-11)13(17)18/h1-7H,8H2,(H,15,16)(H,17,18). The zero-order chi connectivity index (χ0) is 13.0. The monoisotopic (exact) mass is 306 g/mol. The molecule has 1 aromatic carbocycles. The summed E-state index contributed by atoms with van der Waals surface area (Å²) in [6.07, 6.45) is 1.48. The molecule has 5 heteroatoms. The van der Waals surface area contributed by atoms with Gasteiger partial charge in [-0.05, 0) is 29.8 Å². The van der Waals surface area contributed by atoms with Crippen LogP contribution in [0.3, 0.4) is 0 Å². The van der Waals surface area contributed by atoms with Crippen molar-refractivity contribution < 1.29 is 9.90 Å². The van der Waals surface area contributed by atoms with Gasteiger partial charge in [0.15, 0.2) is 0 Å². The average Bonchev–Trinajstić information content (AvgIpc) is 2.37. The van der Waals surface area contributed by atoms with Crippen molar-refractivity contribution in [2.24, 2.45) is 0 Å². The molecular formula is C13H11BrN2O2. The number of anilines is 1. The lowest BCUT2D eigenvalue weighted by Gasteiger charge is -2.07. The van der Waals surface area contributed by atoms with Gasteiger partial charge in [-0.25, -0.2) is 9.78 Å². The van der Waals surface area contributed by atoms with Crippen molar-refractivity contribution >= 4 is 27.6 Å². The lowest BCUT2D eigenvalue weighted by Crippen LogP contribution is -2.03. The highest BCUT2D eigenvalue weighted by Gasteiger charge is 2.04. The minimum absolute atomic E-state index is 0.0363. The van der Waals surface area contributed by atoms with Gasteiger partial charge in [-0.15, -0.1) is 0 Å². The van der Waals surface area contributed by atoms with Crippen molar-refractivity contribution in [2.45, 2.75) is 6.54 Å². The summed E-state index contributed by atoms with van der Waals surface area (Å²) in [6.45, 7) is 0.627. The van der Waals surface area contributed by atoms with Gasteiger partial charge >= 0.3 is 5.97 Å². The van der Waals surface area contributed by atoms with Crippen molar-refractivity contribution in [2.75, 3.05) is 5.32 Å². The van der Waals surface area contributed by atoms with Crippen LogP contribution in [-0.2, 0) is 6.54 Å².